The fourth-order valence-corrected chi connectivity index (χ4v) is 2.31. The second-order valence-corrected chi connectivity index (χ2v) is 4.95. The van der Waals surface area contributed by atoms with Gasteiger partial charge in [0.15, 0.2) is 0 Å². The van der Waals surface area contributed by atoms with E-state index in [1.165, 1.54) is 20.3 Å². The first kappa shape index (κ1) is 15.9. The molecule has 0 saturated carbocycles. The molecule has 1 aromatic carbocycles. The second-order valence-electron chi connectivity index (χ2n) is 4.95. The number of nitrogens with two attached hydrogens (primary N) is 1. The number of rotatable bonds is 5. The van der Waals surface area contributed by atoms with Crippen LogP contribution in [-0.2, 0) is 9.53 Å². The number of benzene rings is 1. The Hall–Kier alpha value is -2.44. The molecular formula is C15H20N2O5. The number of hydrogen-bond donors (Lipinski definition) is 1. The number of ether oxygens (including phenoxy) is 3. The maximum atomic E-state index is 12.5. The number of amides is 1. The average molecular weight is 308 g/mol. The van der Waals surface area contributed by atoms with Gasteiger partial charge in [-0.15, -0.1) is 0 Å². The first-order chi connectivity index (χ1) is 10.5. The van der Waals surface area contributed by atoms with Crippen molar-refractivity contribution in [3.05, 3.63) is 17.7 Å². The van der Waals surface area contributed by atoms with E-state index in [1.54, 1.807) is 17.9 Å². The molecule has 0 aromatic heterocycles. The van der Waals surface area contributed by atoms with Crippen molar-refractivity contribution in [2.75, 3.05) is 39.6 Å². The third-order valence-corrected chi connectivity index (χ3v) is 3.57. The summed E-state index contributed by atoms with van der Waals surface area (Å²) in [4.78, 5) is 25.6. The highest BCUT2D eigenvalue weighted by Crippen LogP contribution is 2.33. The molecule has 1 aromatic rings. The molecule has 1 saturated heterocycles. The molecule has 0 unspecified atom stereocenters. The monoisotopic (exact) mass is 308 g/mol. The maximum absolute atomic E-state index is 12.5. The SMILES string of the molecule is CCOC(=O)C1CN(C(=O)c2cc(N)c(OC)cc2OC)C1. The summed E-state index contributed by atoms with van der Waals surface area (Å²) < 4.78 is 15.3. The van der Waals surface area contributed by atoms with Crippen LogP contribution in [0.5, 0.6) is 11.5 Å². The minimum Gasteiger partial charge on any atom is -0.496 e. The van der Waals surface area contributed by atoms with Gasteiger partial charge in [0.25, 0.3) is 5.91 Å². The summed E-state index contributed by atoms with van der Waals surface area (Å²) in [7, 11) is 2.96. The standard InChI is InChI=1S/C15H20N2O5/c1-4-22-15(19)9-7-17(8-9)14(18)10-5-11(16)13(21-3)6-12(10)20-2/h5-6,9H,4,7-8,16H2,1-3H3. The number of nitrogen functional groups attached to an aromatic ring is 1. The van der Waals surface area contributed by atoms with Gasteiger partial charge in [-0.25, -0.2) is 0 Å². The summed E-state index contributed by atoms with van der Waals surface area (Å²) in [5.41, 5.74) is 6.55. The Morgan fingerprint density at radius 3 is 2.41 bits per heavy atom. The highest BCUT2D eigenvalue weighted by Gasteiger charge is 2.38. The summed E-state index contributed by atoms with van der Waals surface area (Å²) in [6, 6.07) is 3.10. The van der Waals surface area contributed by atoms with E-state index in [1.807, 2.05) is 0 Å². The molecule has 22 heavy (non-hydrogen) atoms. The van der Waals surface area contributed by atoms with Crippen molar-refractivity contribution >= 4 is 17.6 Å². The lowest BCUT2D eigenvalue weighted by Gasteiger charge is -2.37. The molecule has 2 N–H and O–H groups in total. The Morgan fingerprint density at radius 2 is 1.86 bits per heavy atom. The topological polar surface area (TPSA) is 91.1 Å². The first-order valence-electron chi connectivity index (χ1n) is 6.99. The highest BCUT2D eigenvalue weighted by molar-refractivity contribution is 5.99. The number of carbonyl (C=O) groups excluding carboxylic acids is 2. The first-order valence-corrected chi connectivity index (χ1v) is 6.99. The Balaban J connectivity index is 2.11. The molecule has 0 aliphatic carbocycles. The van der Waals surface area contributed by atoms with E-state index in [0.717, 1.165) is 0 Å². The van der Waals surface area contributed by atoms with Gasteiger partial charge in [-0.05, 0) is 13.0 Å². The molecule has 1 fully saturated rings. The van der Waals surface area contributed by atoms with Gasteiger partial charge in [-0.1, -0.05) is 0 Å². The van der Waals surface area contributed by atoms with Gasteiger partial charge in [0, 0.05) is 19.2 Å². The fourth-order valence-electron chi connectivity index (χ4n) is 2.31. The van der Waals surface area contributed by atoms with Crippen molar-refractivity contribution in [1.82, 2.24) is 4.90 Å². The lowest BCUT2D eigenvalue weighted by Crippen LogP contribution is -2.53. The molecular weight excluding hydrogens is 288 g/mol. The van der Waals surface area contributed by atoms with Crippen molar-refractivity contribution in [2.24, 2.45) is 5.92 Å². The quantitative estimate of drug-likeness (QED) is 0.642. The molecule has 120 valence electrons. The minimum absolute atomic E-state index is 0.230. The maximum Gasteiger partial charge on any atom is 0.312 e. The van der Waals surface area contributed by atoms with E-state index in [2.05, 4.69) is 0 Å². The predicted octanol–water partition coefficient (Wildman–Crippen LogP) is 0.921. The van der Waals surface area contributed by atoms with Crippen LogP contribution in [-0.4, -0.2) is 50.7 Å². The molecule has 0 spiro atoms. The summed E-state index contributed by atoms with van der Waals surface area (Å²) in [6.07, 6.45) is 0. The Morgan fingerprint density at radius 1 is 1.23 bits per heavy atom. The van der Waals surface area contributed by atoms with Gasteiger partial charge >= 0.3 is 5.97 Å². The Kier molecular flexibility index (Phi) is 4.75. The van der Waals surface area contributed by atoms with Crippen molar-refractivity contribution in [3.8, 4) is 11.5 Å². The van der Waals surface area contributed by atoms with E-state index in [4.69, 9.17) is 19.9 Å². The number of methoxy groups -OCH3 is 2. The van der Waals surface area contributed by atoms with E-state index < -0.39 is 0 Å². The minimum atomic E-state index is -0.271. The van der Waals surface area contributed by atoms with Crippen molar-refractivity contribution < 1.29 is 23.8 Å². The van der Waals surface area contributed by atoms with E-state index >= 15 is 0 Å². The number of likely N-dealkylation sites (tertiary alicyclic amines) is 1. The fraction of sp³-hybridized carbons (Fsp3) is 0.467. The summed E-state index contributed by atoms with van der Waals surface area (Å²) in [5.74, 6) is 0.0713. The summed E-state index contributed by atoms with van der Waals surface area (Å²) >= 11 is 0. The smallest absolute Gasteiger partial charge is 0.312 e. The van der Waals surface area contributed by atoms with Crippen LogP contribution < -0.4 is 15.2 Å². The van der Waals surface area contributed by atoms with Crippen LogP contribution in [0, 0.1) is 5.92 Å². The zero-order chi connectivity index (χ0) is 16.3. The molecule has 7 nitrogen and oxygen atoms in total. The number of carbonyl (C=O) groups is 2. The van der Waals surface area contributed by atoms with Gasteiger partial charge in [-0.3, -0.25) is 9.59 Å². The summed E-state index contributed by atoms with van der Waals surface area (Å²) in [6.45, 7) is 2.77. The number of nitrogens with zero attached hydrogens (tertiary/aromatic N) is 1. The zero-order valence-electron chi connectivity index (χ0n) is 12.9. The molecule has 2 rings (SSSR count). The third kappa shape index (κ3) is 2.93. The number of anilines is 1. The number of esters is 1. The third-order valence-electron chi connectivity index (χ3n) is 3.57. The molecule has 7 heteroatoms. The lowest BCUT2D eigenvalue weighted by molar-refractivity contribution is -0.152. The van der Waals surface area contributed by atoms with Crippen molar-refractivity contribution in [2.45, 2.75) is 6.92 Å². The molecule has 0 atom stereocenters. The van der Waals surface area contributed by atoms with Gasteiger partial charge in [0.05, 0.1) is 38.0 Å². The average Bonchev–Trinajstić information content (AvgIpc) is 2.45. The van der Waals surface area contributed by atoms with E-state index in [0.29, 0.717) is 42.4 Å². The molecule has 1 aliphatic rings. The van der Waals surface area contributed by atoms with Crippen LogP contribution >= 0.6 is 0 Å². The van der Waals surface area contributed by atoms with Gasteiger partial charge in [0.1, 0.15) is 11.5 Å². The van der Waals surface area contributed by atoms with E-state index in [9.17, 15) is 9.59 Å². The van der Waals surface area contributed by atoms with Gasteiger partial charge < -0.3 is 24.8 Å². The lowest BCUT2D eigenvalue weighted by atomic mass is 9.98. The summed E-state index contributed by atoms with van der Waals surface area (Å²) in [5, 5.41) is 0. The van der Waals surface area contributed by atoms with Crippen molar-refractivity contribution in [1.29, 1.82) is 0 Å². The second kappa shape index (κ2) is 6.55. The molecule has 1 amide bonds. The number of hydrogen-bond acceptors (Lipinski definition) is 6. The van der Waals surface area contributed by atoms with Crippen LogP contribution in [0.3, 0.4) is 0 Å². The van der Waals surface area contributed by atoms with Gasteiger partial charge in [-0.2, -0.15) is 0 Å². The van der Waals surface area contributed by atoms with Crippen LogP contribution in [0.25, 0.3) is 0 Å². The van der Waals surface area contributed by atoms with E-state index in [-0.39, 0.29) is 17.8 Å². The normalized spacial score (nSPS) is 14.2. The van der Waals surface area contributed by atoms with Gasteiger partial charge in [0.2, 0.25) is 0 Å². The van der Waals surface area contributed by atoms with Crippen LogP contribution in [0.1, 0.15) is 17.3 Å². The molecule has 0 radical (unpaired) electrons. The van der Waals surface area contributed by atoms with Crippen LogP contribution in [0.2, 0.25) is 0 Å². The largest absolute Gasteiger partial charge is 0.496 e. The van der Waals surface area contributed by atoms with Crippen molar-refractivity contribution in [3.63, 3.8) is 0 Å². The Labute approximate surface area is 128 Å². The molecule has 0 bridgehead atoms. The van der Waals surface area contributed by atoms with Crippen LogP contribution in [0.15, 0.2) is 12.1 Å². The van der Waals surface area contributed by atoms with Crippen LogP contribution in [0.4, 0.5) is 5.69 Å². The highest BCUT2D eigenvalue weighted by atomic mass is 16.5. The zero-order valence-corrected chi connectivity index (χ0v) is 12.9. The molecule has 1 heterocycles. The Bertz CT molecular complexity index is 582. The molecule has 1 aliphatic heterocycles. The predicted molar refractivity (Wildman–Crippen MR) is 80.0 cm³/mol.